The van der Waals surface area contributed by atoms with E-state index in [4.69, 9.17) is 0 Å². The number of hydrogen-bond donors (Lipinski definition) is 2. The van der Waals surface area contributed by atoms with Crippen molar-refractivity contribution in [1.82, 2.24) is 14.8 Å². The van der Waals surface area contributed by atoms with Crippen molar-refractivity contribution in [1.29, 1.82) is 0 Å². The number of H-pyrrole nitrogens is 1. The van der Waals surface area contributed by atoms with Crippen molar-refractivity contribution in [2.75, 3.05) is 12.4 Å². The van der Waals surface area contributed by atoms with Gasteiger partial charge in [-0.25, -0.2) is 4.79 Å². The highest BCUT2D eigenvalue weighted by atomic mass is 16.5. The number of aromatic nitrogens is 3. The molecule has 7 nitrogen and oxygen atoms in total. The Labute approximate surface area is 115 Å². The molecule has 0 aliphatic carbocycles. The molecule has 0 aliphatic rings. The summed E-state index contributed by atoms with van der Waals surface area (Å²) in [7, 11) is 3.09. The summed E-state index contributed by atoms with van der Waals surface area (Å²) in [5.41, 5.74) is 1.59. The standard InChI is InChI=1S/C13H14N4O3/c1-17-8-9(6-15-17)3-4-12(18)16-10-5-11(14-7-10)13(19)20-2/h3-8,14H,1-2H3,(H,16,18)/b4-3+. The van der Waals surface area contributed by atoms with Gasteiger partial charge in [-0.3, -0.25) is 9.48 Å². The molecule has 0 aromatic carbocycles. The first-order valence-corrected chi connectivity index (χ1v) is 5.83. The van der Waals surface area contributed by atoms with Crippen molar-refractivity contribution >= 4 is 23.6 Å². The number of nitrogens with zero attached hydrogens (tertiary/aromatic N) is 2. The van der Waals surface area contributed by atoms with E-state index in [0.29, 0.717) is 5.69 Å². The molecule has 0 radical (unpaired) electrons. The Morgan fingerprint density at radius 1 is 1.50 bits per heavy atom. The molecule has 0 unspecified atom stereocenters. The normalized spacial score (nSPS) is 10.7. The zero-order chi connectivity index (χ0) is 14.5. The van der Waals surface area contributed by atoms with Crippen LogP contribution in [0.15, 0.2) is 30.7 Å². The van der Waals surface area contributed by atoms with Crippen LogP contribution in [0.3, 0.4) is 0 Å². The summed E-state index contributed by atoms with van der Waals surface area (Å²) in [6, 6.07) is 1.50. The lowest BCUT2D eigenvalue weighted by atomic mass is 10.3. The zero-order valence-corrected chi connectivity index (χ0v) is 11.1. The van der Waals surface area contributed by atoms with Gasteiger partial charge in [0.15, 0.2) is 0 Å². The molecule has 0 atom stereocenters. The van der Waals surface area contributed by atoms with E-state index < -0.39 is 5.97 Å². The highest BCUT2D eigenvalue weighted by Crippen LogP contribution is 2.10. The van der Waals surface area contributed by atoms with E-state index in [1.54, 1.807) is 30.2 Å². The monoisotopic (exact) mass is 274 g/mol. The summed E-state index contributed by atoms with van der Waals surface area (Å²) >= 11 is 0. The van der Waals surface area contributed by atoms with Crippen LogP contribution in [0.4, 0.5) is 5.69 Å². The molecule has 0 aliphatic heterocycles. The van der Waals surface area contributed by atoms with Crippen LogP contribution in [0, 0.1) is 0 Å². The SMILES string of the molecule is COC(=O)c1cc(NC(=O)/C=C/c2cnn(C)c2)c[nH]1. The number of methoxy groups -OCH3 is 1. The molecule has 104 valence electrons. The lowest BCUT2D eigenvalue weighted by molar-refractivity contribution is -0.111. The molecular weight excluding hydrogens is 260 g/mol. The van der Waals surface area contributed by atoms with Crippen molar-refractivity contribution in [2.45, 2.75) is 0 Å². The largest absolute Gasteiger partial charge is 0.464 e. The average Bonchev–Trinajstić information content (AvgIpc) is 3.05. The van der Waals surface area contributed by atoms with Crippen LogP contribution < -0.4 is 5.32 Å². The van der Waals surface area contributed by atoms with Crippen LogP contribution in [-0.2, 0) is 16.6 Å². The average molecular weight is 274 g/mol. The van der Waals surface area contributed by atoms with Gasteiger partial charge in [-0.15, -0.1) is 0 Å². The van der Waals surface area contributed by atoms with Gasteiger partial charge in [-0.2, -0.15) is 5.10 Å². The Bertz CT molecular complexity index is 654. The van der Waals surface area contributed by atoms with Crippen LogP contribution in [0.1, 0.15) is 16.1 Å². The topological polar surface area (TPSA) is 89.0 Å². The number of esters is 1. The lowest BCUT2D eigenvalue weighted by Gasteiger charge is -1.96. The van der Waals surface area contributed by atoms with E-state index in [-0.39, 0.29) is 11.6 Å². The molecule has 2 aromatic heterocycles. The molecule has 0 saturated carbocycles. The van der Waals surface area contributed by atoms with Gasteiger partial charge in [0.05, 0.1) is 19.0 Å². The summed E-state index contributed by atoms with van der Waals surface area (Å²) in [5.74, 6) is -0.791. The molecule has 1 amide bonds. The molecule has 7 heteroatoms. The fourth-order valence-corrected chi connectivity index (χ4v) is 1.58. The molecule has 0 saturated heterocycles. The zero-order valence-electron chi connectivity index (χ0n) is 11.1. The molecule has 0 fully saturated rings. The molecule has 2 N–H and O–H groups in total. The maximum atomic E-state index is 11.7. The smallest absolute Gasteiger partial charge is 0.354 e. The predicted molar refractivity (Wildman–Crippen MR) is 73.0 cm³/mol. The number of amides is 1. The molecule has 2 aromatic rings. The highest BCUT2D eigenvalue weighted by Gasteiger charge is 2.08. The van der Waals surface area contributed by atoms with E-state index in [1.165, 1.54) is 25.4 Å². The van der Waals surface area contributed by atoms with Crippen molar-refractivity contribution in [3.8, 4) is 0 Å². The second-order valence-electron chi connectivity index (χ2n) is 4.06. The number of rotatable bonds is 4. The van der Waals surface area contributed by atoms with Gasteiger partial charge < -0.3 is 15.0 Å². The second-order valence-corrected chi connectivity index (χ2v) is 4.06. The van der Waals surface area contributed by atoms with Crippen molar-refractivity contribution in [2.24, 2.45) is 7.05 Å². The summed E-state index contributed by atoms with van der Waals surface area (Å²) in [5, 5.41) is 6.61. The summed E-state index contributed by atoms with van der Waals surface area (Å²) in [6.07, 6.45) is 7.99. The number of carbonyl (C=O) groups is 2. The molecular formula is C13H14N4O3. The Balaban J connectivity index is 1.96. The molecule has 0 spiro atoms. The Morgan fingerprint density at radius 2 is 2.30 bits per heavy atom. The van der Waals surface area contributed by atoms with Gasteiger partial charge in [-0.05, 0) is 12.1 Å². The molecule has 20 heavy (non-hydrogen) atoms. The van der Waals surface area contributed by atoms with Gasteiger partial charge in [-0.1, -0.05) is 0 Å². The Morgan fingerprint density at radius 3 is 2.95 bits per heavy atom. The minimum Gasteiger partial charge on any atom is -0.464 e. The number of anilines is 1. The summed E-state index contributed by atoms with van der Waals surface area (Å²) in [6.45, 7) is 0. The third-order valence-electron chi connectivity index (χ3n) is 2.51. The predicted octanol–water partition coefficient (Wildman–Crippen LogP) is 1.19. The number of hydrogen-bond acceptors (Lipinski definition) is 4. The third kappa shape index (κ3) is 3.35. The van der Waals surface area contributed by atoms with Crippen molar-refractivity contribution in [3.63, 3.8) is 0 Å². The van der Waals surface area contributed by atoms with E-state index in [0.717, 1.165) is 5.56 Å². The van der Waals surface area contributed by atoms with Gasteiger partial charge in [0.25, 0.3) is 0 Å². The van der Waals surface area contributed by atoms with E-state index in [9.17, 15) is 9.59 Å². The van der Waals surface area contributed by atoms with Gasteiger partial charge in [0.2, 0.25) is 5.91 Å². The van der Waals surface area contributed by atoms with Crippen molar-refractivity contribution in [3.05, 3.63) is 42.0 Å². The maximum absolute atomic E-state index is 11.7. The Hall–Kier alpha value is -2.83. The van der Waals surface area contributed by atoms with Crippen LogP contribution in [0.25, 0.3) is 6.08 Å². The number of carbonyl (C=O) groups excluding carboxylic acids is 2. The minimum atomic E-state index is -0.489. The number of aryl methyl sites for hydroxylation is 1. The molecule has 0 bridgehead atoms. The third-order valence-corrected chi connectivity index (χ3v) is 2.51. The van der Waals surface area contributed by atoms with Crippen LogP contribution in [-0.4, -0.2) is 33.8 Å². The Kier molecular flexibility index (Phi) is 3.99. The van der Waals surface area contributed by atoms with Crippen LogP contribution >= 0.6 is 0 Å². The summed E-state index contributed by atoms with van der Waals surface area (Å²) in [4.78, 5) is 25.6. The quantitative estimate of drug-likeness (QED) is 0.647. The molecule has 2 rings (SSSR count). The number of ether oxygens (including phenoxy) is 1. The first-order chi connectivity index (χ1) is 9.58. The summed E-state index contributed by atoms with van der Waals surface area (Å²) < 4.78 is 6.20. The van der Waals surface area contributed by atoms with Gasteiger partial charge in [0.1, 0.15) is 5.69 Å². The fourth-order valence-electron chi connectivity index (χ4n) is 1.58. The highest BCUT2D eigenvalue weighted by molar-refractivity contribution is 6.02. The van der Waals surface area contributed by atoms with Crippen LogP contribution in [0.5, 0.6) is 0 Å². The molecule has 2 heterocycles. The van der Waals surface area contributed by atoms with E-state index >= 15 is 0 Å². The number of nitrogens with one attached hydrogen (secondary N) is 2. The van der Waals surface area contributed by atoms with E-state index in [2.05, 4.69) is 20.1 Å². The second kappa shape index (κ2) is 5.87. The first kappa shape index (κ1) is 13.6. The minimum absolute atomic E-state index is 0.277. The van der Waals surface area contributed by atoms with Crippen molar-refractivity contribution < 1.29 is 14.3 Å². The van der Waals surface area contributed by atoms with Crippen LogP contribution in [0.2, 0.25) is 0 Å². The maximum Gasteiger partial charge on any atom is 0.354 e. The van der Waals surface area contributed by atoms with Gasteiger partial charge in [0, 0.05) is 31.1 Å². The lowest BCUT2D eigenvalue weighted by Crippen LogP contribution is -2.06. The first-order valence-electron chi connectivity index (χ1n) is 5.83. The number of aromatic amines is 1. The van der Waals surface area contributed by atoms with E-state index in [1.807, 2.05) is 0 Å². The fraction of sp³-hybridized carbons (Fsp3) is 0.154. The van der Waals surface area contributed by atoms with Gasteiger partial charge >= 0.3 is 5.97 Å².